The van der Waals surface area contributed by atoms with E-state index >= 15 is 0 Å². The zero-order valence-corrected chi connectivity index (χ0v) is 40.9. The third-order valence-electron chi connectivity index (χ3n) is 20.6. The number of carbonyl (C=O) groups is 1. The van der Waals surface area contributed by atoms with Gasteiger partial charge in [0.15, 0.2) is 11.7 Å². The SMILES string of the molecule is CC(O)NC(N)=NCC1C2C(=CC(=O)C3CC(O)C(O)CC32C)C2(O)C3CSSCC(n4ccnc4)CC(C)(C)C4=C5CCCCC5C5=C6C(CCC5)C5CCC1C2(C)C(C3)C5C(O)C64. The average molecular weight is 930 g/mol. The predicted molar refractivity (Wildman–Crippen MR) is 256 cm³/mol. The van der Waals surface area contributed by atoms with Crippen LogP contribution in [0.1, 0.15) is 124 Å². The van der Waals surface area contributed by atoms with E-state index in [1.165, 1.54) is 31.3 Å². The lowest BCUT2D eigenvalue weighted by Gasteiger charge is -2.66. The van der Waals surface area contributed by atoms with E-state index < -0.39 is 46.9 Å². The van der Waals surface area contributed by atoms with Crippen LogP contribution in [-0.2, 0) is 4.79 Å². The lowest BCUT2D eigenvalue weighted by Crippen LogP contribution is -2.68. The highest BCUT2D eigenvalue weighted by Crippen LogP contribution is 2.77. The van der Waals surface area contributed by atoms with E-state index in [0.717, 1.165) is 56.3 Å². The molecule has 19 unspecified atom stereocenters. The molecule has 0 aromatic carbocycles. The Kier molecular flexibility index (Phi) is 11.3. The van der Waals surface area contributed by atoms with E-state index in [1.807, 2.05) is 34.1 Å². The summed E-state index contributed by atoms with van der Waals surface area (Å²) < 4.78 is 2.31. The van der Waals surface area contributed by atoms with E-state index in [-0.39, 0.29) is 83.4 Å². The summed E-state index contributed by atoms with van der Waals surface area (Å²) in [6, 6.07) is 0.192. The fourth-order valence-corrected chi connectivity index (χ4v) is 21.2. The van der Waals surface area contributed by atoms with Crippen LogP contribution in [0.4, 0.5) is 0 Å². The molecule has 4 bridgehead atoms. The summed E-state index contributed by atoms with van der Waals surface area (Å²) in [6.45, 7) is 11.4. The molecular formula is C52H75N5O6S2. The first-order valence-electron chi connectivity index (χ1n) is 25.5. The highest BCUT2D eigenvalue weighted by atomic mass is 33.1. The number of aliphatic imine (C=N–C) groups is 1. The van der Waals surface area contributed by atoms with Crippen molar-refractivity contribution in [1.29, 1.82) is 0 Å². The molecule has 9 aliphatic carbocycles. The molecule has 1 aromatic rings. The maximum atomic E-state index is 14.8. The van der Waals surface area contributed by atoms with Crippen LogP contribution in [0.25, 0.3) is 0 Å². The normalized spacial score (nSPS) is 48.3. The zero-order valence-electron chi connectivity index (χ0n) is 39.2. The number of nitrogens with zero attached hydrogens (tertiary/aromatic N) is 3. The average Bonchev–Trinajstić information content (AvgIpc) is 3.84. The fraction of sp³-hybridized carbons (Fsp3) is 0.788. The maximum absolute atomic E-state index is 14.8. The molecule has 1 aliphatic heterocycles. The Balaban J connectivity index is 1.13. The molecule has 1 aromatic heterocycles. The number of aliphatic hydroxyl groups excluding tert-OH is 4. The first-order chi connectivity index (χ1) is 31.0. The van der Waals surface area contributed by atoms with Crippen LogP contribution in [0.15, 0.2) is 57.7 Å². The number of nitrogens with two attached hydrogens (primary N) is 1. The molecule has 0 amide bonds. The second-order valence-electron chi connectivity index (χ2n) is 23.8. The van der Waals surface area contributed by atoms with E-state index in [4.69, 9.17) is 10.7 Å². The van der Waals surface area contributed by atoms with E-state index in [0.29, 0.717) is 24.1 Å². The van der Waals surface area contributed by atoms with Gasteiger partial charge >= 0.3 is 0 Å². The number of aliphatic hydroxyl groups is 5. The first kappa shape index (κ1) is 45.3. The number of guanidine groups is 1. The number of imidazole rings is 1. The van der Waals surface area contributed by atoms with Gasteiger partial charge in [0.1, 0.15) is 6.23 Å². The molecule has 10 aliphatic rings. The van der Waals surface area contributed by atoms with Crippen molar-refractivity contribution in [1.82, 2.24) is 14.9 Å². The molecule has 1 saturated heterocycles. The Morgan fingerprint density at radius 3 is 2.54 bits per heavy atom. The molecule has 0 radical (unpaired) electrons. The Hall–Kier alpha value is -2.13. The monoisotopic (exact) mass is 930 g/mol. The van der Waals surface area contributed by atoms with Crippen molar-refractivity contribution >= 4 is 33.3 Å². The summed E-state index contributed by atoms with van der Waals surface area (Å²) >= 11 is 0. The van der Waals surface area contributed by atoms with E-state index in [2.05, 4.69) is 48.8 Å². The molecule has 19 atom stereocenters. The van der Waals surface area contributed by atoms with Gasteiger partial charge in [0.2, 0.25) is 0 Å². The van der Waals surface area contributed by atoms with Crippen molar-refractivity contribution in [2.75, 3.05) is 18.1 Å². The molecule has 0 spiro atoms. The third-order valence-corrected chi connectivity index (χ3v) is 23.1. The highest BCUT2D eigenvalue weighted by Gasteiger charge is 2.77. The van der Waals surface area contributed by atoms with Crippen LogP contribution in [0.2, 0.25) is 0 Å². The fourth-order valence-electron chi connectivity index (χ4n) is 18.5. The van der Waals surface area contributed by atoms with Gasteiger partial charge < -0.3 is 41.2 Å². The van der Waals surface area contributed by atoms with Crippen molar-refractivity contribution in [3.05, 3.63) is 52.7 Å². The van der Waals surface area contributed by atoms with Crippen LogP contribution < -0.4 is 11.1 Å². The second-order valence-corrected chi connectivity index (χ2v) is 26.4. The largest absolute Gasteiger partial charge is 0.392 e. The Morgan fingerprint density at radius 2 is 1.77 bits per heavy atom. The standard InChI is InChI=1S/C52H75N5O6S2/c1-26(58)56-48(53)55-22-34-35-14-13-32-31-12-8-11-30-29-9-6-7-10-33(29)46-44(42(30)31)47(62)43(32)37-17-27(23-64-65-24-28(20-49(46,2)3)57-16-15-54-25-57)52(63,51(35,37)5)38-19-39(59)36-18-40(60)41(61)21-50(36,4)45(34)38/h15-16,19,25-29,31-32,34-37,40-41,43-45,47,58,60-63H,6-14,17-18,20-24H2,1-5H3,(H3,53,55,56). The number of rotatable bonds is 4. The lowest BCUT2D eigenvalue weighted by molar-refractivity contribution is -0.191. The summed E-state index contributed by atoms with van der Waals surface area (Å²) in [6.07, 6.45) is 16.5. The van der Waals surface area contributed by atoms with Gasteiger partial charge in [-0.15, -0.1) is 0 Å². The van der Waals surface area contributed by atoms with Crippen LogP contribution in [-0.4, -0.2) is 95.0 Å². The number of hydrogen-bond acceptors (Lipinski definition) is 10. The number of carbonyl (C=O) groups excluding carboxylic acids is 1. The summed E-state index contributed by atoms with van der Waals surface area (Å²) in [4.78, 5) is 24.3. The maximum Gasteiger partial charge on any atom is 0.190 e. The van der Waals surface area contributed by atoms with Gasteiger partial charge in [-0.1, -0.05) is 78.0 Å². The first-order valence-corrected chi connectivity index (χ1v) is 27.9. The van der Waals surface area contributed by atoms with E-state index in [9.17, 15) is 30.3 Å². The van der Waals surface area contributed by atoms with Crippen molar-refractivity contribution in [2.24, 2.45) is 92.1 Å². The van der Waals surface area contributed by atoms with E-state index in [1.54, 1.807) is 29.7 Å². The Bertz CT molecular complexity index is 2190. The summed E-state index contributed by atoms with van der Waals surface area (Å²) in [5, 5.41) is 64.3. The lowest BCUT2D eigenvalue weighted by atomic mass is 9.39. The minimum absolute atomic E-state index is 0.0109. The van der Waals surface area contributed by atoms with Crippen LogP contribution in [0.5, 0.6) is 0 Å². The van der Waals surface area contributed by atoms with Crippen molar-refractivity contribution in [3.63, 3.8) is 0 Å². The molecule has 8 N–H and O–H groups in total. The predicted octanol–water partition coefficient (Wildman–Crippen LogP) is 6.98. The third kappa shape index (κ3) is 6.56. The summed E-state index contributed by atoms with van der Waals surface area (Å²) in [7, 11) is 3.76. The van der Waals surface area contributed by atoms with Crippen LogP contribution in [0, 0.1) is 81.3 Å². The summed E-state index contributed by atoms with van der Waals surface area (Å²) in [5.74, 6) is 1.57. The van der Waals surface area contributed by atoms with Gasteiger partial charge in [-0.25, -0.2) is 4.98 Å². The smallest absolute Gasteiger partial charge is 0.190 e. The van der Waals surface area contributed by atoms with Crippen molar-refractivity contribution in [2.45, 2.75) is 154 Å². The topological polar surface area (TPSA) is 186 Å². The number of nitrogens with one attached hydrogen (secondary N) is 1. The number of fused-ring (bicyclic) bond motifs is 9. The number of aromatic nitrogens is 2. The number of allylic oxidation sites excluding steroid dienone is 3. The molecule has 6 saturated carbocycles. The molecule has 356 valence electrons. The Labute approximate surface area is 393 Å². The number of hydrogen-bond donors (Lipinski definition) is 7. The van der Waals surface area contributed by atoms with Gasteiger partial charge in [-0.3, -0.25) is 9.79 Å². The minimum atomic E-state index is -1.36. The Morgan fingerprint density at radius 1 is 0.985 bits per heavy atom. The molecule has 7 fully saturated rings. The van der Waals surface area contributed by atoms with Crippen molar-refractivity contribution < 1.29 is 30.3 Å². The number of ketones is 1. The minimum Gasteiger partial charge on any atom is -0.392 e. The van der Waals surface area contributed by atoms with Gasteiger partial charge in [0.25, 0.3) is 0 Å². The van der Waals surface area contributed by atoms with Crippen LogP contribution >= 0.6 is 21.6 Å². The van der Waals surface area contributed by atoms with Gasteiger partial charge in [-0.05, 0) is 148 Å². The second kappa shape index (κ2) is 16.2. The molecule has 2 heterocycles. The molecule has 11 rings (SSSR count). The molecule has 13 heteroatoms. The zero-order chi connectivity index (χ0) is 45.5. The van der Waals surface area contributed by atoms with Gasteiger partial charge in [0, 0.05) is 65.6 Å². The van der Waals surface area contributed by atoms with Crippen molar-refractivity contribution in [3.8, 4) is 0 Å². The van der Waals surface area contributed by atoms with Gasteiger partial charge in [-0.2, -0.15) is 0 Å². The summed E-state index contributed by atoms with van der Waals surface area (Å²) in [5.41, 5.74) is 10.8. The highest BCUT2D eigenvalue weighted by molar-refractivity contribution is 8.76. The molecular weight excluding hydrogens is 855 g/mol. The molecule has 65 heavy (non-hydrogen) atoms. The van der Waals surface area contributed by atoms with Gasteiger partial charge in [0.05, 0.1) is 30.2 Å². The molecule has 11 nitrogen and oxygen atoms in total. The quantitative estimate of drug-likeness (QED) is 0.0544. The van der Waals surface area contributed by atoms with Crippen LogP contribution in [0.3, 0.4) is 0 Å².